The van der Waals surface area contributed by atoms with Crippen LogP contribution in [0.25, 0.3) is 11.1 Å². The Morgan fingerprint density at radius 3 is 2.08 bits per heavy atom. The Labute approximate surface area is 278 Å². The fourth-order valence-electron chi connectivity index (χ4n) is 6.26. The molecule has 4 amide bonds. The normalized spacial score (nSPS) is 16.3. The van der Waals surface area contributed by atoms with Crippen LogP contribution in [0.4, 0.5) is 15.3 Å². The molecule has 252 valence electrons. The van der Waals surface area contributed by atoms with Crippen molar-refractivity contribution in [1.29, 1.82) is 0 Å². The number of rotatable bonds is 11. The number of fused-ring (bicyclic) bond motifs is 3. The number of carboxylic acid groups (broad SMARTS) is 1. The van der Waals surface area contributed by atoms with Gasteiger partial charge in [0.05, 0.1) is 0 Å². The molecule has 1 heterocycles. The topological polar surface area (TPSA) is 163 Å². The first-order chi connectivity index (χ1) is 23.0. The van der Waals surface area contributed by atoms with Gasteiger partial charge in [-0.05, 0) is 65.6 Å². The van der Waals surface area contributed by atoms with Crippen LogP contribution >= 0.6 is 0 Å². The van der Waals surface area contributed by atoms with Crippen molar-refractivity contribution in [1.82, 2.24) is 15.5 Å². The van der Waals surface area contributed by atoms with E-state index >= 15 is 0 Å². The Morgan fingerprint density at radius 1 is 0.854 bits per heavy atom. The summed E-state index contributed by atoms with van der Waals surface area (Å²) in [5.74, 6) is -1.70. The van der Waals surface area contributed by atoms with Crippen LogP contribution in [0.3, 0.4) is 0 Å². The van der Waals surface area contributed by atoms with Gasteiger partial charge in [-0.3, -0.25) is 14.4 Å². The number of carbonyl (C=O) groups is 5. The molecule has 1 aliphatic heterocycles. The minimum Gasteiger partial charge on any atom is -0.450 e. The van der Waals surface area contributed by atoms with Crippen LogP contribution < -0.4 is 16.0 Å². The Balaban J connectivity index is 1.14. The lowest BCUT2D eigenvalue weighted by Gasteiger charge is -2.29. The summed E-state index contributed by atoms with van der Waals surface area (Å²) < 4.78 is 10.2. The number of hydrogen-bond acceptors (Lipinski definition) is 7. The standard InChI is InChI=1S/C36H40N4O8/c1-21(2)31(33(42)38-24-16-14-23(15-17-24)19-48-36(45)46)39-32(41)30-13-8-18-40(30)34(43)22(3)37-35(44)47-20-29-27-11-6-4-9-25(27)26-10-5-7-12-28(26)29/h4-7,9-12,14-17,21-22,29-31H,8,13,18-20H2,1-3H3,(H,37,44)(H,38,42)(H,39,41)(H,45,46)/t22-,30+,31+/m1/s1. The summed E-state index contributed by atoms with van der Waals surface area (Å²) >= 11 is 0. The molecule has 3 aromatic rings. The van der Waals surface area contributed by atoms with Crippen LogP contribution in [-0.2, 0) is 30.5 Å². The molecule has 0 bridgehead atoms. The van der Waals surface area contributed by atoms with E-state index in [2.05, 4.69) is 32.8 Å². The van der Waals surface area contributed by atoms with Gasteiger partial charge in [-0.15, -0.1) is 0 Å². The number of amides is 4. The van der Waals surface area contributed by atoms with E-state index < -0.39 is 48.1 Å². The zero-order chi connectivity index (χ0) is 34.4. The van der Waals surface area contributed by atoms with E-state index in [9.17, 15) is 24.0 Å². The van der Waals surface area contributed by atoms with Gasteiger partial charge in [0.1, 0.15) is 31.3 Å². The van der Waals surface area contributed by atoms with Crippen LogP contribution in [0, 0.1) is 5.92 Å². The molecular formula is C36H40N4O8. The number of carbonyl (C=O) groups excluding carboxylic acids is 4. The van der Waals surface area contributed by atoms with Gasteiger partial charge in [-0.2, -0.15) is 0 Å². The second-order valence-corrected chi connectivity index (χ2v) is 12.4. The van der Waals surface area contributed by atoms with Gasteiger partial charge < -0.3 is 35.4 Å². The Morgan fingerprint density at radius 2 is 1.48 bits per heavy atom. The molecule has 4 N–H and O–H groups in total. The molecule has 1 fully saturated rings. The van der Waals surface area contributed by atoms with Crippen LogP contribution in [0.1, 0.15) is 56.2 Å². The van der Waals surface area contributed by atoms with Crippen molar-refractivity contribution in [3.8, 4) is 11.1 Å². The maximum atomic E-state index is 13.4. The molecule has 5 rings (SSSR count). The van der Waals surface area contributed by atoms with Gasteiger partial charge >= 0.3 is 12.2 Å². The maximum Gasteiger partial charge on any atom is 0.506 e. The first kappa shape index (κ1) is 34.0. The first-order valence-corrected chi connectivity index (χ1v) is 16.0. The van der Waals surface area contributed by atoms with E-state index in [0.717, 1.165) is 22.3 Å². The zero-order valence-corrected chi connectivity index (χ0v) is 27.1. The molecule has 12 nitrogen and oxygen atoms in total. The molecule has 3 atom stereocenters. The molecule has 0 spiro atoms. The van der Waals surface area contributed by atoms with Crippen molar-refractivity contribution >= 4 is 35.7 Å². The van der Waals surface area contributed by atoms with Crippen LogP contribution in [0.2, 0.25) is 0 Å². The molecule has 0 saturated carbocycles. The van der Waals surface area contributed by atoms with E-state index in [1.807, 2.05) is 36.4 Å². The SMILES string of the molecule is CC(C)[C@H](NC(=O)[C@@H]1CCCN1C(=O)[C@@H](C)NC(=O)OCC1c2ccccc2-c2ccccc21)C(=O)Nc1ccc(COC(=O)O)cc1. The lowest BCUT2D eigenvalue weighted by Crippen LogP contribution is -2.56. The molecule has 0 aromatic heterocycles. The fourth-order valence-corrected chi connectivity index (χ4v) is 6.26. The highest BCUT2D eigenvalue weighted by Gasteiger charge is 2.38. The summed E-state index contributed by atoms with van der Waals surface area (Å²) in [6.07, 6.45) is -1.09. The highest BCUT2D eigenvalue weighted by atomic mass is 16.7. The van der Waals surface area contributed by atoms with Gasteiger partial charge in [0.15, 0.2) is 0 Å². The number of ether oxygens (including phenoxy) is 2. The van der Waals surface area contributed by atoms with Crippen molar-refractivity contribution < 1.29 is 38.6 Å². The summed E-state index contributed by atoms with van der Waals surface area (Å²) in [5.41, 5.74) is 5.45. The summed E-state index contributed by atoms with van der Waals surface area (Å²) in [7, 11) is 0. The average Bonchev–Trinajstić information content (AvgIpc) is 3.69. The third-order valence-electron chi connectivity index (χ3n) is 8.72. The lowest BCUT2D eigenvalue weighted by molar-refractivity contribution is -0.140. The number of alkyl carbamates (subject to hydrolysis) is 1. The van der Waals surface area contributed by atoms with Crippen molar-refractivity contribution in [3.63, 3.8) is 0 Å². The van der Waals surface area contributed by atoms with Crippen molar-refractivity contribution in [2.45, 2.75) is 64.3 Å². The summed E-state index contributed by atoms with van der Waals surface area (Å²) in [4.78, 5) is 64.9. The Kier molecular flexibility index (Phi) is 10.6. The molecule has 3 aromatic carbocycles. The second kappa shape index (κ2) is 15.0. The first-order valence-electron chi connectivity index (χ1n) is 16.0. The number of benzene rings is 3. The number of nitrogens with one attached hydrogen (secondary N) is 3. The summed E-state index contributed by atoms with van der Waals surface area (Å²) in [6.45, 7) is 5.48. The number of hydrogen-bond donors (Lipinski definition) is 4. The van der Waals surface area contributed by atoms with E-state index in [-0.39, 0.29) is 25.0 Å². The fraction of sp³-hybridized carbons (Fsp3) is 0.361. The predicted molar refractivity (Wildman–Crippen MR) is 177 cm³/mol. The van der Waals surface area contributed by atoms with Gasteiger partial charge in [0.25, 0.3) is 0 Å². The van der Waals surface area contributed by atoms with E-state index in [4.69, 9.17) is 9.84 Å². The highest BCUT2D eigenvalue weighted by molar-refractivity contribution is 5.99. The predicted octanol–water partition coefficient (Wildman–Crippen LogP) is 4.88. The summed E-state index contributed by atoms with van der Waals surface area (Å²) in [6, 6.07) is 19.9. The smallest absolute Gasteiger partial charge is 0.450 e. The van der Waals surface area contributed by atoms with Crippen LogP contribution in [-0.4, -0.2) is 71.3 Å². The van der Waals surface area contributed by atoms with Crippen LogP contribution in [0.5, 0.6) is 0 Å². The van der Waals surface area contributed by atoms with Gasteiger partial charge in [0, 0.05) is 18.2 Å². The third-order valence-corrected chi connectivity index (χ3v) is 8.72. The van der Waals surface area contributed by atoms with Crippen molar-refractivity contribution in [2.75, 3.05) is 18.5 Å². The number of nitrogens with zero attached hydrogens (tertiary/aromatic N) is 1. The van der Waals surface area contributed by atoms with Gasteiger partial charge in [-0.25, -0.2) is 9.59 Å². The Hall–Kier alpha value is -5.39. The molecule has 1 saturated heterocycles. The van der Waals surface area contributed by atoms with E-state index in [1.54, 1.807) is 45.0 Å². The highest BCUT2D eigenvalue weighted by Crippen LogP contribution is 2.44. The van der Waals surface area contributed by atoms with Crippen molar-refractivity contribution in [3.05, 3.63) is 89.5 Å². The second-order valence-electron chi connectivity index (χ2n) is 12.4. The van der Waals surface area contributed by atoms with E-state index in [0.29, 0.717) is 30.6 Å². The van der Waals surface area contributed by atoms with Gasteiger partial charge in [0.2, 0.25) is 17.7 Å². The Bertz CT molecular complexity index is 1630. The van der Waals surface area contributed by atoms with Crippen molar-refractivity contribution in [2.24, 2.45) is 5.92 Å². The molecule has 1 aliphatic carbocycles. The summed E-state index contributed by atoms with van der Waals surface area (Å²) in [5, 5.41) is 16.9. The lowest BCUT2D eigenvalue weighted by atomic mass is 9.98. The quantitative estimate of drug-likeness (QED) is 0.212. The van der Waals surface area contributed by atoms with Crippen LogP contribution in [0.15, 0.2) is 72.8 Å². The minimum absolute atomic E-state index is 0.109. The molecule has 0 unspecified atom stereocenters. The average molecular weight is 657 g/mol. The molecule has 48 heavy (non-hydrogen) atoms. The molecule has 2 aliphatic rings. The van der Waals surface area contributed by atoms with E-state index in [1.165, 1.54) is 4.90 Å². The molecule has 0 radical (unpaired) electrons. The van der Waals surface area contributed by atoms with Gasteiger partial charge in [-0.1, -0.05) is 74.5 Å². The zero-order valence-electron chi connectivity index (χ0n) is 27.1. The number of anilines is 1. The molecule has 12 heteroatoms. The molecular weight excluding hydrogens is 616 g/mol. The monoisotopic (exact) mass is 656 g/mol. The maximum absolute atomic E-state index is 13.4. The third kappa shape index (κ3) is 7.76. The largest absolute Gasteiger partial charge is 0.506 e. The number of likely N-dealkylation sites (tertiary alicyclic amines) is 1. The minimum atomic E-state index is -1.38.